The smallest absolute Gasteiger partial charge is 0.261 e. The number of hydrogen-bond acceptors (Lipinski definition) is 4. The first-order valence-electron chi connectivity index (χ1n) is 9.22. The number of rotatable bonds is 6. The lowest BCUT2D eigenvalue weighted by molar-refractivity contribution is -0.114. The number of anilines is 3. The molecule has 160 valence electrons. The SMILES string of the molecule is CC(=O)Nc1ccc(Cl)c(NC(=O)c2ccc(S(=O)(=O)Nc3ccc(C)cc3)cc2)c1. The van der Waals surface area contributed by atoms with Crippen LogP contribution >= 0.6 is 11.6 Å². The van der Waals surface area contributed by atoms with Gasteiger partial charge in [-0.3, -0.25) is 14.3 Å². The van der Waals surface area contributed by atoms with Crippen LogP contribution in [0.25, 0.3) is 0 Å². The summed E-state index contributed by atoms with van der Waals surface area (Å²) in [7, 11) is -3.79. The molecule has 2 amide bonds. The van der Waals surface area contributed by atoms with E-state index in [0.717, 1.165) is 5.56 Å². The standard InChI is InChI=1S/C22H20ClN3O4S/c1-14-3-7-17(8-4-14)26-31(29,30)19-10-5-16(6-11-19)22(28)25-21-13-18(24-15(2)27)9-12-20(21)23/h3-13,26H,1-2H3,(H,24,27)(H,25,28). The number of carbonyl (C=O) groups is 2. The fourth-order valence-corrected chi connectivity index (χ4v) is 3.94. The second kappa shape index (κ2) is 9.20. The third kappa shape index (κ3) is 5.84. The molecule has 0 aliphatic rings. The monoisotopic (exact) mass is 457 g/mol. The lowest BCUT2D eigenvalue weighted by Gasteiger charge is -2.11. The first-order valence-corrected chi connectivity index (χ1v) is 11.1. The van der Waals surface area contributed by atoms with Crippen molar-refractivity contribution >= 4 is 50.5 Å². The third-order valence-electron chi connectivity index (χ3n) is 4.27. The minimum Gasteiger partial charge on any atom is -0.326 e. The highest BCUT2D eigenvalue weighted by Gasteiger charge is 2.16. The number of sulfonamides is 1. The molecule has 0 aliphatic heterocycles. The number of aryl methyl sites for hydroxylation is 1. The van der Waals surface area contributed by atoms with E-state index in [9.17, 15) is 18.0 Å². The summed E-state index contributed by atoms with van der Waals surface area (Å²) < 4.78 is 27.6. The van der Waals surface area contributed by atoms with Crippen LogP contribution in [0.4, 0.5) is 17.1 Å². The Balaban J connectivity index is 1.74. The van der Waals surface area contributed by atoms with Crippen molar-refractivity contribution in [1.29, 1.82) is 0 Å². The van der Waals surface area contributed by atoms with Crippen LogP contribution in [0.2, 0.25) is 5.02 Å². The second-order valence-electron chi connectivity index (χ2n) is 6.83. The van der Waals surface area contributed by atoms with Crippen molar-refractivity contribution in [2.45, 2.75) is 18.7 Å². The minimum absolute atomic E-state index is 0.0234. The number of hydrogen-bond donors (Lipinski definition) is 3. The van der Waals surface area contributed by atoms with Gasteiger partial charge in [0.15, 0.2) is 0 Å². The molecule has 0 unspecified atom stereocenters. The summed E-state index contributed by atoms with van der Waals surface area (Å²) in [6.07, 6.45) is 0. The Labute approximate surface area is 185 Å². The Bertz CT molecular complexity index is 1220. The molecule has 3 N–H and O–H groups in total. The van der Waals surface area contributed by atoms with Crippen molar-refractivity contribution in [2.24, 2.45) is 0 Å². The fourth-order valence-electron chi connectivity index (χ4n) is 2.72. The van der Waals surface area contributed by atoms with Gasteiger partial charge in [-0.2, -0.15) is 0 Å². The van der Waals surface area contributed by atoms with E-state index in [0.29, 0.717) is 22.1 Å². The highest BCUT2D eigenvalue weighted by Crippen LogP contribution is 2.26. The number of carbonyl (C=O) groups excluding carboxylic acids is 2. The van der Waals surface area contributed by atoms with E-state index in [-0.39, 0.29) is 16.4 Å². The minimum atomic E-state index is -3.79. The predicted octanol–water partition coefficient (Wildman–Crippen LogP) is 4.66. The first-order chi connectivity index (χ1) is 14.6. The number of nitrogens with one attached hydrogen (secondary N) is 3. The van der Waals surface area contributed by atoms with E-state index in [1.54, 1.807) is 36.4 Å². The average Bonchev–Trinajstić information content (AvgIpc) is 2.72. The highest BCUT2D eigenvalue weighted by molar-refractivity contribution is 7.92. The third-order valence-corrected chi connectivity index (χ3v) is 5.99. The molecule has 0 aliphatic carbocycles. The number of benzene rings is 3. The van der Waals surface area contributed by atoms with Crippen LogP contribution in [-0.2, 0) is 14.8 Å². The zero-order chi connectivity index (χ0) is 22.6. The van der Waals surface area contributed by atoms with Crippen molar-refractivity contribution in [3.8, 4) is 0 Å². The second-order valence-corrected chi connectivity index (χ2v) is 8.92. The molecule has 3 aromatic carbocycles. The average molecular weight is 458 g/mol. The molecular weight excluding hydrogens is 438 g/mol. The van der Waals surface area contributed by atoms with Crippen molar-refractivity contribution < 1.29 is 18.0 Å². The van der Waals surface area contributed by atoms with Gasteiger partial charge in [0.1, 0.15) is 0 Å². The summed E-state index contributed by atoms with van der Waals surface area (Å²) >= 11 is 6.12. The molecule has 0 spiro atoms. The zero-order valence-electron chi connectivity index (χ0n) is 16.8. The van der Waals surface area contributed by atoms with Crippen molar-refractivity contribution in [3.05, 3.63) is 82.9 Å². The van der Waals surface area contributed by atoms with E-state index in [1.165, 1.54) is 37.3 Å². The zero-order valence-corrected chi connectivity index (χ0v) is 18.3. The molecule has 7 nitrogen and oxygen atoms in total. The largest absolute Gasteiger partial charge is 0.326 e. The van der Waals surface area contributed by atoms with Gasteiger partial charge in [0, 0.05) is 23.9 Å². The van der Waals surface area contributed by atoms with Gasteiger partial charge in [-0.1, -0.05) is 29.3 Å². The van der Waals surface area contributed by atoms with Crippen molar-refractivity contribution in [1.82, 2.24) is 0 Å². The lowest BCUT2D eigenvalue weighted by atomic mass is 10.2. The van der Waals surface area contributed by atoms with E-state index in [4.69, 9.17) is 11.6 Å². The Morgan fingerprint density at radius 2 is 1.45 bits per heavy atom. The molecule has 0 heterocycles. The van der Waals surface area contributed by atoms with Crippen LogP contribution < -0.4 is 15.4 Å². The molecule has 0 aromatic heterocycles. The van der Waals surface area contributed by atoms with Crippen molar-refractivity contribution in [2.75, 3.05) is 15.4 Å². The van der Waals surface area contributed by atoms with Gasteiger partial charge in [0.05, 0.1) is 15.6 Å². The summed E-state index contributed by atoms with van der Waals surface area (Å²) in [4.78, 5) is 23.8. The van der Waals surface area contributed by atoms with Crippen LogP contribution in [0.1, 0.15) is 22.8 Å². The van der Waals surface area contributed by atoms with Crippen LogP contribution in [-0.4, -0.2) is 20.2 Å². The normalized spacial score (nSPS) is 10.9. The van der Waals surface area contributed by atoms with Gasteiger partial charge in [-0.05, 0) is 61.5 Å². The molecule has 3 rings (SSSR count). The quantitative estimate of drug-likeness (QED) is 0.500. The Kier molecular flexibility index (Phi) is 6.62. The summed E-state index contributed by atoms with van der Waals surface area (Å²) in [5, 5.41) is 5.56. The first kappa shape index (κ1) is 22.3. The van der Waals surface area contributed by atoms with Gasteiger partial charge in [0.25, 0.3) is 15.9 Å². The molecule has 0 saturated carbocycles. The topological polar surface area (TPSA) is 104 Å². The van der Waals surface area contributed by atoms with Crippen LogP contribution in [0.5, 0.6) is 0 Å². The molecule has 0 bridgehead atoms. The number of halogens is 1. The predicted molar refractivity (Wildman–Crippen MR) is 122 cm³/mol. The summed E-state index contributed by atoms with van der Waals surface area (Å²) in [6, 6.07) is 17.2. The summed E-state index contributed by atoms with van der Waals surface area (Å²) in [5.74, 6) is -0.729. The van der Waals surface area contributed by atoms with E-state index < -0.39 is 15.9 Å². The molecule has 0 atom stereocenters. The van der Waals surface area contributed by atoms with E-state index >= 15 is 0 Å². The van der Waals surface area contributed by atoms with Crippen molar-refractivity contribution in [3.63, 3.8) is 0 Å². The Morgan fingerprint density at radius 3 is 2.06 bits per heavy atom. The van der Waals surface area contributed by atoms with Gasteiger partial charge in [-0.25, -0.2) is 8.42 Å². The molecule has 3 aromatic rings. The van der Waals surface area contributed by atoms with Gasteiger partial charge in [-0.15, -0.1) is 0 Å². The fraction of sp³-hybridized carbons (Fsp3) is 0.0909. The molecule has 31 heavy (non-hydrogen) atoms. The van der Waals surface area contributed by atoms with Crippen LogP contribution in [0, 0.1) is 6.92 Å². The summed E-state index contributed by atoms with van der Waals surface area (Å²) in [6.45, 7) is 3.28. The maximum atomic E-state index is 12.6. The maximum absolute atomic E-state index is 12.6. The number of amides is 2. The molecule has 0 radical (unpaired) electrons. The van der Waals surface area contributed by atoms with Gasteiger partial charge >= 0.3 is 0 Å². The van der Waals surface area contributed by atoms with Crippen LogP contribution in [0.15, 0.2) is 71.6 Å². The highest BCUT2D eigenvalue weighted by atomic mass is 35.5. The molecule has 9 heteroatoms. The maximum Gasteiger partial charge on any atom is 0.261 e. The summed E-state index contributed by atoms with van der Waals surface area (Å²) in [5.41, 5.74) is 2.50. The van der Waals surface area contributed by atoms with Gasteiger partial charge in [0.2, 0.25) is 5.91 Å². The molecule has 0 fully saturated rings. The Morgan fingerprint density at radius 1 is 0.839 bits per heavy atom. The van der Waals surface area contributed by atoms with E-state index in [1.807, 2.05) is 6.92 Å². The molecule has 0 saturated heterocycles. The van der Waals surface area contributed by atoms with Crippen LogP contribution in [0.3, 0.4) is 0 Å². The Hall–Kier alpha value is -3.36. The lowest BCUT2D eigenvalue weighted by Crippen LogP contribution is -2.15. The van der Waals surface area contributed by atoms with Gasteiger partial charge < -0.3 is 10.6 Å². The van der Waals surface area contributed by atoms with E-state index in [2.05, 4.69) is 15.4 Å². The molecular formula is C22H20ClN3O4S.